The van der Waals surface area contributed by atoms with Gasteiger partial charge in [-0.1, -0.05) is 13.3 Å². The van der Waals surface area contributed by atoms with Crippen LogP contribution in [0.4, 0.5) is 0 Å². The Morgan fingerprint density at radius 3 is 2.33 bits per heavy atom. The summed E-state index contributed by atoms with van der Waals surface area (Å²) in [6.45, 7) is 2.30. The number of hydrogen-bond acceptors (Lipinski definition) is 3. The Balaban J connectivity index is 0. The van der Waals surface area contributed by atoms with Crippen LogP contribution in [0.2, 0.25) is 0 Å². The summed E-state index contributed by atoms with van der Waals surface area (Å²) < 4.78 is 23.6. The third-order valence-electron chi connectivity index (χ3n) is 0.695. The summed E-state index contributed by atoms with van der Waals surface area (Å²) in [5.41, 5.74) is 0. The number of hydrogen-bond donors (Lipinski definition) is 1. The van der Waals surface area contributed by atoms with Gasteiger partial charge in [-0.25, -0.2) is 8.42 Å². The van der Waals surface area contributed by atoms with Crippen LogP contribution in [0.3, 0.4) is 0 Å². The fourth-order valence-electron chi connectivity index (χ4n) is 0.283. The quantitative estimate of drug-likeness (QED) is 0.336. The van der Waals surface area contributed by atoms with Gasteiger partial charge in [0.15, 0.2) is 0 Å². The molecule has 0 aromatic heterocycles. The molecule has 0 rings (SSSR count). The van der Waals surface area contributed by atoms with Crippen molar-refractivity contribution < 1.29 is 12.6 Å². The van der Waals surface area contributed by atoms with E-state index in [1.165, 1.54) is 0 Å². The molecule has 0 aromatic carbocycles. The first kappa shape index (κ1) is 12.2. The molecule has 0 heterocycles. The molecule has 0 spiro atoms. The fraction of sp³-hybridized carbons (Fsp3) is 1.00. The number of rotatable bonds is 4. The molecule has 5 heteroatoms. The normalized spacial score (nSPS) is 9.11. The summed E-state index contributed by atoms with van der Waals surface area (Å²) in [6, 6.07) is 0. The van der Waals surface area contributed by atoms with Gasteiger partial charge >= 0.3 is 18.9 Å². The van der Waals surface area contributed by atoms with E-state index in [1.54, 1.807) is 0 Å². The third-order valence-corrected chi connectivity index (χ3v) is 1.09. The minimum absolute atomic E-state index is 0. The maximum absolute atomic E-state index is 9.69. The molecule has 9 heavy (non-hydrogen) atoms. The molecule has 0 unspecified atom stereocenters. The standard InChI is InChI=1S/C4H10O3S.Li.H/c1-2-3-4-7-8(5)6;;/h8H,2-4H2,1H3;;. The van der Waals surface area contributed by atoms with Crippen LogP contribution in [-0.2, 0) is 15.2 Å². The van der Waals surface area contributed by atoms with Crippen LogP contribution in [0.5, 0.6) is 0 Å². The molecule has 52 valence electrons. The molecule has 0 saturated heterocycles. The zero-order valence-corrected chi connectivity index (χ0v) is 5.69. The van der Waals surface area contributed by atoms with Crippen LogP contribution in [0.25, 0.3) is 0 Å². The molecule has 0 amide bonds. The van der Waals surface area contributed by atoms with Crippen molar-refractivity contribution in [2.24, 2.45) is 0 Å². The second-order valence-corrected chi connectivity index (χ2v) is 2.12. The van der Waals surface area contributed by atoms with Crippen LogP contribution in [-0.4, -0.2) is 33.9 Å². The molecule has 3 nitrogen and oxygen atoms in total. The van der Waals surface area contributed by atoms with Crippen molar-refractivity contribution in [3.8, 4) is 0 Å². The summed E-state index contributed by atoms with van der Waals surface area (Å²) >= 11 is 0. The van der Waals surface area contributed by atoms with Crippen molar-refractivity contribution in [3.05, 3.63) is 0 Å². The van der Waals surface area contributed by atoms with Gasteiger partial charge in [-0.2, -0.15) is 0 Å². The van der Waals surface area contributed by atoms with Crippen molar-refractivity contribution in [3.63, 3.8) is 0 Å². The first-order valence-corrected chi connectivity index (χ1v) is 3.64. The van der Waals surface area contributed by atoms with Crippen LogP contribution < -0.4 is 0 Å². The van der Waals surface area contributed by atoms with Gasteiger partial charge < -0.3 is 0 Å². The molecule has 0 fully saturated rings. The summed E-state index contributed by atoms with van der Waals surface area (Å²) in [4.78, 5) is 0. The average Bonchev–Trinajstić information content (AvgIpc) is 1.66. The van der Waals surface area contributed by atoms with E-state index in [9.17, 15) is 8.42 Å². The van der Waals surface area contributed by atoms with E-state index in [-0.39, 0.29) is 18.9 Å². The summed E-state index contributed by atoms with van der Waals surface area (Å²) in [5, 5.41) is 0. The van der Waals surface area contributed by atoms with Gasteiger partial charge in [-0.3, -0.25) is 4.18 Å². The summed E-state index contributed by atoms with van der Waals surface area (Å²) in [7, 11) is -2.61. The van der Waals surface area contributed by atoms with Crippen LogP contribution in [0, 0.1) is 0 Å². The van der Waals surface area contributed by atoms with Gasteiger partial charge in [-0.15, -0.1) is 0 Å². The van der Waals surface area contributed by atoms with Gasteiger partial charge in [0.1, 0.15) is 0 Å². The third kappa shape index (κ3) is 11.9. The molecular weight excluding hydrogens is 135 g/mol. The Hall–Kier alpha value is 0.507. The Bertz CT molecular complexity index is 104. The summed E-state index contributed by atoms with van der Waals surface area (Å²) in [5.74, 6) is 0. The molecule has 0 N–H and O–H groups in total. The van der Waals surface area contributed by atoms with Gasteiger partial charge in [0, 0.05) is 0 Å². The van der Waals surface area contributed by atoms with Gasteiger partial charge in [0.25, 0.3) is 11.0 Å². The first-order valence-electron chi connectivity index (χ1n) is 2.54. The van der Waals surface area contributed by atoms with E-state index < -0.39 is 11.0 Å². The predicted molar refractivity (Wildman–Crippen MR) is 38.3 cm³/mol. The second-order valence-electron chi connectivity index (χ2n) is 1.41. The predicted octanol–water partition coefficient (Wildman–Crippen LogP) is -0.319. The van der Waals surface area contributed by atoms with E-state index in [0.717, 1.165) is 12.8 Å². The summed E-state index contributed by atoms with van der Waals surface area (Å²) in [6.07, 6.45) is 1.77. The van der Waals surface area contributed by atoms with Gasteiger partial charge in [-0.05, 0) is 6.42 Å². The maximum atomic E-state index is 9.69. The van der Waals surface area contributed by atoms with Gasteiger partial charge in [0.2, 0.25) is 0 Å². The first-order chi connectivity index (χ1) is 3.77. The molecule has 0 aliphatic rings. The monoisotopic (exact) mass is 146 g/mol. The van der Waals surface area contributed by atoms with E-state index in [0.29, 0.717) is 6.61 Å². The number of thiol groups is 1. The zero-order chi connectivity index (χ0) is 6.41. The Morgan fingerprint density at radius 1 is 1.44 bits per heavy atom. The van der Waals surface area contributed by atoms with Crippen LogP contribution >= 0.6 is 0 Å². The Kier molecular flexibility index (Phi) is 11.5. The second kappa shape index (κ2) is 8.51. The minimum atomic E-state index is -2.61. The van der Waals surface area contributed by atoms with E-state index >= 15 is 0 Å². The van der Waals surface area contributed by atoms with E-state index in [2.05, 4.69) is 4.18 Å². The molecule has 0 aliphatic carbocycles. The van der Waals surface area contributed by atoms with E-state index in [1.807, 2.05) is 6.92 Å². The molecule has 0 aliphatic heterocycles. The molecule has 0 aromatic rings. The van der Waals surface area contributed by atoms with Crippen molar-refractivity contribution in [2.45, 2.75) is 19.8 Å². The molecule has 0 bridgehead atoms. The topological polar surface area (TPSA) is 43.4 Å². The fourth-order valence-corrected chi connectivity index (χ4v) is 0.562. The van der Waals surface area contributed by atoms with Crippen molar-refractivity contribution in [2.75, 3.05) is 6.61 Å². The number of unbranched alkanes of at least 4 members (excludes halogenated alkanes) is 1. The van der Waals surface area contributed by atoms with Crippen molar-refractivity contribution in [1.29, 1.82) is 0 Å². The molecule has 0 atom stereocenters. The zero-order valence-electron chi connectivity index (χ0n) is 4.79. The Morgan fingerprint density at radius 2 is 2.00 bits per heavy atom. The van der Waals surface area contributed by atoms with Crippen LogP contribution in [0.1, 0.15) is 19.8 Å². The Labute approximate surface area is 69.1 Å². The molecule has 0 radical (unpaired) electrons. The average molecular weight is 146 g/mol. The molecular formula is C4H11LiO3S. The van der Waals surface area contributed by atoms with E-state index in [4.69, 9.17) is 0 Å². The molecule has 0 saturated carbocycles. The SMILES string of the molecule is CCCCO[SH](=O)=O.[LiH]. The van der Waals surface area contributed by atoms with Gasteiger partial charge in [0.05, 0.1) is 6.61 Å². The van der Waals surface area contributed by atoms with Crippen molar-refractivity contribution >= 4 is 29.8 Å². The van der Waals surface area contributed by atoms with Crippen LogP contribution in [0.15, 0.2) is 0 Å². The van der Waals surface area contributed by atoms with Crippen molar-refractivity contribution in [1.82, 2.24) is 0 Å².